The summed E-state index contributed by atoms with van der Waals surface area (Å²) in [4.78, 5) is 16.5. The van der Waals surface area contributed by atoms with Crippen LogP contribution in [-0.2, 0) is 11.2 Å². The molecule has 0 unspecified atom stereocenters. The van der Waals surface area contributed by atoms with Crippen molar-refractivity contribution in [1.29, 1.82) is 0 Å². The molecule has 2 aromatic carbocycles. The number of hydrogen-bond donors (Lipinski definition) is 1. The zero-order chi connectivity index (χ0) is 18.5. The maximum atomic E-state index is 13.2. The van der Waals surface area contributed by atoms with E-state index >= 15 is 0 Å². The highest BCUT2D eigenvalue weighted by Crippen LogP contribution is 2.28. The van der Waals surface area contributed by atoms with Crippen LogP contribution < -0.4 is 14.8 Å². The SMILES string of the molecule is COc1ccc(/C=C2/N=C(CCc3cccc(F)c3)NC2=O)cc1OC. The maximum Gasteiger partial charge on any atom is 0.275 e. The van der Waals surface area contributed by atoms with E-state index in [2.05, 4.69) is 10.3 Å². The third-order valence-corrected chi connectivity index (χ3v) is 4.00. The molecule has 3 rings (SSSR count). The molecule has 1 N–H and O–H groups in total. The van der Waals surface area contributed by atoms with Crippen LogP contribution in [0.5, 0.6) is 11.5 Å². The first-order chi connectivity index (χ1) is 12.6. The standard InChI is InChI=1S/C20H19FN2O3/c1-25-17-8-6-14(12-18(17)26-2)11-16-20(24)23-19(22-16)9-7-13-4-3-5-15(21)10-13/h3-6,8,10-12H,7,9H2,1-2H3,(H,22,23,24)/b16-11+. The van der Waals surface area contributed by atoms with Crippen LogP contribution in [0.1, 0.15) is 17.5 Å². The largest absolute Gasteiger partial charge is 0.493 e. The van der Waals surface area contributed by atoms with Crippen LogP contribution in [-0.4, -0.2) is 26.0 Å². The van der Waals surface area contributed by atoms with Crippen molar-refractivity contribution in [2.45, 2.75) is 12.8 Å². The second-order valence-corrected chi connectivity index (χ2v) is 5.79. The fourth-order valence-electron chi connectivity index (χ4n) is 2.69. The number of benzene rings is 2. The fraction of sp³-hybridized carbons (Fsp3) is 0.200. The van der Waals surface area contributed by atoms with Crippen LogP contribution in [0.4, 0.5) is 4.39 Å². The van der Waals surface area contributed by atoms with Crippen LogP contribution in [0.15, 0.2) is 53.2 Å². The highest BCUT2D eigenvalue weighted by atomic mass is 19.1. The Balaban J connectivity index is 1.74. The third-order valence-electron chi connectivity index (χ3n) is 4.00. The van der Waals surface area contributed by atoms with Crippen LogP contribution in [0.2, 0.25) is 0 Å². The molecule has 0 aliphatic carbocycles. The minimum atomic E-state index is -0.270. The van der Waals surface area contributed by atoms with Crippen molar-refractivity contribution in [1.82, 2.24) is 5.32 Å². The van der Waals surface area contributed by atoms with Gasteiger partial charge in [-0.2, -0.15) is 0 Å². The molecular formula is C20H19FN2O3. The molecule has 26 heavy (non-hydrogen) atoms. The minimum absolute atomic E-state index is 0.256. The first-order valence-electron chi connectivity index (χ1n) is 8.16. The summed E-state index contributed by atoms with van der Waals surface area (Å²) in [7, 11) is 3.12. The number of aliphatic imine (C=N–C) groups is 1. The molecule has 0 saturated carbocycles. The number of nitrogens with zero attached hydrogens (tertiary/aromatic N) is 1. The van der Waals surface area contributed by atoms with Crippen LogP contribution >= 0.6 is 0 Å². The van der Waals surface area contributed by atoms with Crippen molar-refractivity contribution >= 4 is 17.8 Å². The number of methoxy groups -OCH3 is 2. The molecule has 0 saturated heterocycles. The average molecular weight is 354 g/mol. The summed E-state index contributed by atoms with van der Waals surface area (Å²) in [5, 5.41) is 2.75. The maximum absolute atomic E-state index is 13.2. The summed E-state index contributed by atoms with van der Waals surface area (Å²) >= 11 is 0. The molecular weight excluding hydrogens is 335 g/mol. The number of halogens is 1. The van der Waals surface area contributed by atoms with Gasteiger partial charge in [-0.1, -0.05) is 18.2 Å². The number of rotatable bonds is 6. The molecule has 2 aromatic rings. The van der Waals surface area contributed by atoms with Crippen molar-refractivity contribution in [3.8, 4) is 11.5 Å². The Morgan fingerprint density at radius 1 is 1.08 bits per heavy atom. The van der Waals surface area contributed by atoms with E-state index in [9.17, 15) is 9.18 Å². The molecule has 1 aliphatic heterocycles. The third kappa shape index (κ3) is 4.08. The molecule has 6 heteroatoms. The van der Waals surface area contributed by atoms with Gasteiger partial charge in [0.1, 0.15) is 17.3 Å². The predicted molar refractivity (Wildman–Crippen MR) is 97.8 cm³/mol. The molecule has 0 atom stereocenters. The molecule has 5 nitrogen and oxygen atoms in total. The number of nitrogens with one attached hydrogen (secondary N) is 1. The second kappa shape index (κ2) is 7.82. The van der Waals surface area contributed by atoms with Gasteiger partial charge in [-0.3, -0.25) is 4.79 Å². The summed E-state index contributed by atoms with van der Waals surface area (Å²) in [6.45, 7) is 0. The zero-order valence-corrected chi connectivity index (χ0v) is 14.6. The van der Waals surface area contributed by atoms with Crippen molar-refractivity contribution in [3.05, 3.63) is 65.1 Å². The predicted octanol–water partition coefficient (Wildman–Crippen LogP) is 3.34. The number of aryl methyl sites for hydroxylation is 1. The summed E-state index contributed by atoms with van der Waals surface area (Å²) in [6.07, 6.45) is 2.81. The Morgan fingerprint density at radius 3 is 2.62 bits per heavy atom. The van der Waals surface area contributed by atoms with Gasteiger partial charge < -0.3 is 14.8 Å². The summed E-state index contributed by atoms with van der Waals surface area (Å²) in [6, 6.07) is 11.8. The number of ether oxygens (including phenoxy) is 2. The lowest BCUT2D eigenvalue weighted by Crippen LogP contribution is -2.24. The van der Waals surface area contributed by atoms with Gasteiger partial charge in [-0.25, -0.2) is 9.38 Å². The van der Waals surface area contributed by atoms with E-state index in [0.29, 0.717) is 35.9 Å². The minimum Gasteiger partial charge on any atom is -0.493 e. The quantitative estimate of drug-likeness (QED) is 0.810. The number of carbonyl (C=O) groups is 1. The van der Waals surface area contributed by atoms with Gasteiger partial charge in [0, 0.05) is 6.42 Å². The second-order valence-electron chi connectivity index (χ2n) is 5.79. The van der Waals surface area contributed by atoms with Crippen LogP contribution in [0.25, 0.3) is 6.08 Å². The molecule has 0 bridgehead atoms. The molecule has 1 aliphatic rings. The van der Waals surface area contributed by atoms with Gasteiger partial charge in [0.05, 0.1) is 14.2 Å². The number of carbonyl (C=O) groups excluding carboxylic acids is 1. The van der Waals surface area contributed by atoms with E-state index in [1.54, 1.807) is 38.5 Å². The van der Waals surface area contributed by atoms with Crippen LogP contribution in [0, 0.1) is 5.82 Å². The Hall–Kier alpha value is -3.15. The van der Waals surface area contributed by atoms with Gasteiger partial charge >= 0.3 is 0 Å². The highest BCUT2D eigenvalue weighted by molar-refractivity contribution is 6.14. The smallest absolute Gasteiger partial charge is 0.275 e. The molecule has 1 amide bonds. The number of hydrogen-bond acceptors (Lipinski definition) is 4. The molecule has 0 spiro atoms. The molecule has 0 fully saturated rings. The molecule has 134 valence electrons. The number of amidine groups is 1. The van der Waals surface area contributed by atoms with Gasteiger partial charge in [0.25, 0.3) is 5.91 Å². The van der Waals surface area contributed by atoms with Crippen molar-refractivity contribution < 1.29 is 18.7 Å². The Bertz CT molecular complexity index is 890. The Kier molecular flexibility index (Phi) is 5.31. The summed E-state index contributed by atoms with van der Waals surface area (Å²) < 4.78 is 23.7. The molecule has 0 radical (unpaired) electrons. The van der Waals surface area contributed by atoms with Crippen molar-refractivity contribution in [3.63, 3.8) is 0 Å². The van der Waals surface area contributed by atoms with E-state index in [4.69, 9.17) is 9.47 Å². The first kappa shape index (κ1) is 17.7. The van der Waals surface area contributed by atoms with Gasteiger partial charge in [0.15, 0.2) is 11.5 Å². The van der Waals surface area contributed by atoms with Gasteiger partial charge in [-0.05, 0) is 47.9 Å². The van der Waals surface area contributed by atoms with E-state index in [1.807, 2.05) is 12.1 Å². The van der Waals surface area contributed by atoms with Crippen molar-refractivity contribution in [2.24, 2.45) is 4.99 Å². The normalized spacial score (nSPS) is 15.0. The zero-order valence-electron chi connectivity index (χ0n) is 14.6. The number of amides is 1. The van der Waals surface area contributed by atoms with E-state index < -0.39 is 0 Å². The lowest BCUT2D eigenvalue weighted by atomic mass is 10.1. The van der Waals surface area contributed by atoms with E-state index in [1.165, 1.54) is 12.1 Å². The topological polar surface area (TPSA) is 59.9 Å². The summed E-state index contributed by atoms with van der Waals surface area (Å²) in [5.41, 5.74) is 1.97. The highest BCUT2D eigenvalue weighted by Gasteiger charge is 2.20. The first-order valence-corrected chi connectivity index (χ1v) is 8.16. The monoisotopic (exact) mass is 354 g/mol. The average Bonchev–Trinajstić information content (AvgIpc) is 2.99. The Morgan fingerprint density at radius 2 is 1.88 bits per heavy atom. The molecule has 1 heterocycles. The van der Waals surface area contributed by atoms with E-state index in [0.717, 1.165) is 11.1 Å². The Labute approximate surface area is 151 Å². The lowest BCUT2D eigenvalue weighted by molar-refractivity contribution is -0.115. The fourth-order valence-corrected chi connectivity index (χ4v) is 2.69. The lowest BCUT2D eigenvalue weighted by Gasteiger charge is -2.07. The summed E-state index contributed by atoms with van der Waals surface area (Å²) in [5.74, 6) is 1.24. The van der Waals surface area contributed by atoms with Crippen LogP contribution in [0.3, 0.4) is 0 Å². The van der Waals surface area contributed by atoms with Crippen molar-refractivity contribution in [2.75, 3.05) is 14.2 Å². The van der Waals surface area contributed by atoms with Gasteiger partial charge in [-0.15, -0.1) is 0 Å². The molecule has 0 aromatic heterocycles. The van der Waals surface area contributed by atoms with Gasteiger partial charge in [0.2, 0.25) is 0 Å². The van der Waals surface area contributed by atoms with E-state index in [-0.39, 0.29) is 11.7 Å².